The summed E-state index contributed by atoms with van der Waals surface area (Å²) < 4.78 is 12.0. The van der Waals surface area contributed by atoms with E-state index in [-0.39, 0.29) is 4.75 Å². The molecule has 0 atom stereocenters. The maximum atomic E-state index is 5.57. The van der Waals surface area contributed by atoms with Gasteiger partial charge in [-0.3, -0.25) is 4.48 Å². The first kappa shape index (κ1) is 18.3. The zero-order chi connectivity index (χ0) is 16.1. The van der Waals surface area contributed by atoms with Gasteiger partial charge in [0.05, 0.1) is 21.1 Å². The smallest absolute Gasteiger partial charge is 0.277 e. The maximum Gasteiger partial charge on any atom is 0.277 e. The molecule has 0 spiro atoms. The van der Waals surface area contributed by atoms with Crippen LogP contribution in [0.25, 0.3) is 0 Å². The Bertz CT molecular complexity index is 459. The molecule has 0 radical (unpaired) electrons. The van der Waals surface area contributed by atoms with E-state index in [9.17, 15) is 0 Å². The van der Waals surface area contributed by atoms with Crippen LogP contribution < -0.4 is 9.22 Å². The van der Waals surface area contributed by atoms with Crippen LogP contribution in [-0.4, -0.2) is 31.8 Å². The van der Waals surface area contributed by atoms with Crippen molar-refractivity contribution in [1.82, 2.24) is 4.48 Å². The quantitative estimate of drug-likeness (QED) is 0.233. The maximum absolute atomic E-state index is 5.57. The molecule has 3 nitrogen and oxygen atoms in total. The SMILES string of the molecule is C=C(OCSSC(C)(C)C)Oc1ccc([N+](C)(C)C)cc1. The van der Waals surface area contributed by atoms with Crippen LogP contribution in [-0.2, 0) is 4.74 Å². The van der Waals surface area contributed by atoms with Gasteiger partial charge < -0.3 is 9.47 Å². The van der Waals surface area contributed by atoms with Crippen molar-refractivity contribution in [2.45, 2.75) is 25.5 Å². The molecule has 0 aliphatic carbocycles. The lowest BCUT2D eigenvalue weighted by molar-refractivity contribution is 0.143. The van der Waals surface area contributed by atoms with Gasteiger partial charge in [-0.1, -0.05) is 42.4 Å². The molecular weight excluding hydrogens is 302 g/mol. The molecule has 0 saturated carbocycles. The van der Waals surface area contributed by atoms with Crippen LogP contribution >= 0.6 is 21.6 Å². The molecule has 0 unspecified atom stereocenters. The summed E-state index contributed by atoms with van der Waals surface area (Å²) in [5.74, 6) is 1.60. The predicted molar refractivity (Wildman–Crippen MR) is 96.7 cm³/mol. The van der Waals surface area contributed by atoms with Gasteiger partial charge >= 0.3 is 0 Å². The molecule has 0 saturated heterocycles. The van der Waals surface area contributed by atoms with Gasteiger partial charge in [0.15, 0.2) is 0 Å². The van der Waals surface area contributed by atoms with Gasteiger partial charge in [-0.05, 0) is 18.7 Å². The second kappa shape index (κ2) is 7.47. The zero-order valence-electron chi connectivity index (χ0n) is 13.8. The van der Waals surface area contributed by atoms with E-state index in [0.29, 0.717) is 11.9 Å². The highest BCUT2D eigenvalue weighted by molar-refractivity contribution is 8.77. The van der Waals surface area contributed by atoms with Crippen LogP contribution in [0.2, 0.25) is 0 Å². The molecule has 0 fully saturated rings. The Balaban J connectivity index is 2.38. The molecule has 0 aromatic heterocycles. The summed E-state index contributed by atoms with van der Waals surface area (Å²) in [7, 11) is 9.82. The Kier molecular flexibility index (Phi) is 6.50. The van der Waals surface area contributed by atoms with Gasteiger partial charge in [0.2, 0.25) is 0 Å². The lowest BCUT2D eigenvalue weighted by atomic mass is 10.2. The molecule has 5 heteroatoms. The molecule has 1 aromatic carbocycles. The van der Waals surface area contributed by atoms with E-state index in [1.807, 2.05) is 24.3 Å². The van der Waals surface area contributed by atoms with E-state index in [4.69, 9.17) is 9.47 Å². The number of benzene rings is 1. The van der Waals surface area contributed by atoms with Crippen LogP contribution in [0, 0.1) is 0 Å². The van der Waals surface area contributed by atoms with E-state index in [1.54, 1.807) is 21.6 Å². The minimum Gasteiger partial charge on any atom is -0.454 e. The fourth-order valence-corrected chi connectivity index (χ4v) is 3.34. The number of ether oxygens (including phenoxy) is 2. The fraction of sp³-hybridized carbons (Fsp3) is 0.500. The topological polar surface area (TPSA) is 18.5 Å². The Hall–Kier alpha value is -0.780. The van der Waals surface area contributed by atoms with Crippen LogP contribution in [0.4, 0.5) is 5.69 Å². The molecule has 118 valence electrons. The molecule has 0 N–H and O–H groups in total. The van der Waals surface area contributed by atoms with E-state index >= 15 is 0 Å². The summed E-state index contributed by atoms with van der Waals surface area (Å²) in [6.45, 7) is 10.3. The summed E-state index contributed by atoms with van der Waals surface area (Å²) in [4.78, 5) is 0. The summed E-state index contributed by atoms with van der Waals surface area (Å²) in [5, 5.41) is 0. The van der Waals surface area contributed by atoms with Crippen molar-refractivity contribution in [3.8, 4) is 5.75 Å². The number of hydrogen-bond donors (Lipinski definition) is 0. The van der Waals surface area contributed by atoms with Crippen molar-refractivity contribution < 1.29 is 9.47 Å². The highest BCUT2D eigenvalue weighted by Crippen LogP contribution is 2.35. The lowest BCUT2D eigenvalue weighted by Crippen LogP contribution is -2.34. The molecule has 0 aliphatic heterocycles. The Morgan fingerprint density at radius 1 is 1.14 bits per heavy atom. The summed E-state index contributed by atoms with van der Waals surface area (Å²) >= 11 is 0. The third-order valence-electron chi connectivity index (χ3n) is 2.42. The summed E-state index contributed by atoms with van der Waals surface area (Å²) in [6, 6.07) is 7.97. The van der Waals surface area contributed by atoms with Crippen molar-refractivity contribution in [2.75, 3.05) is 27.1 Å². The highest BCUT2D eigenvalue weighted by Gasteiger charge is 2.12. The van der Waals surface area contributed by atoms with E-state index in [2.05, 4.69) is 48.5 Å². The third-order valence-corrected chi connectivity index (χ3v) is 5.39. The Labute approximate surface area is 136 Å². The second-order valence-electron chi connectivity index (χ2n) is 6.56. The molecule has 0 amide bonds. The van der Waals surface area contributed by atoms with Crippen molar-refractivity contribution >= 4 is 27.3 Å². The van der Waals surface area contributed by atoms with Crippen LogP contribution in [0.5, 0.6) is 5.75 Å². The molecule has 1 rings (SSSR count). The molecule has 1 aromatic rings. The van der Waals surface area contributed by atoms with Crippen LogP contribution in [0.3, 0.4) is 0 Å². The van der Waals surface area contributed by atoms with Gasteiger partial charge in [0.25, 0.3) is 5.95 Å². The first-order chi connectivity index (χ1) is 9.58. The Morgan fingerprint density at radius 3 is 2.19 bits per heavy atom. The van der Waals surface area contributed by atoms with Gasteiger partial charge in [0, 0.05) is 16.9 Å². The second-order valence-corrected chi connectivity index (χ2v) is 9.63. The first-order valence-electron chi connectivity index (χ1n) is 6.80. The molecule has 0 heterocycles. The minimum absolute atomic E-state index is 0.219. The molecule has 0 bridgehead atoms. The normalized spacial score (nSPS) is 12.1. The van der Waals surface area contributed by atoms with E-state index in [0.717, 1.165) is 10.2 Å². The summed E-state index contributed by atoms with van der Waals surface area (Å²) in [5.41, 5.74) is 1.21. The average molecular weight is 329 g/mol. The van der Waals surface area contributed by atoms with Gasteiger partial charge in [-0.15, -0.1) is 0 Å². The fourth-order valence-electron chi connectivity index (χ4n) is 1.41. The third kappa shape index (κ3) is 7.69. The molecule has 0 aliphatic rings. The van der Waals surface area contributed by atoms with Crippen molar-refractivity contribution in [3.05, 3.63) is 36.8 Å². The largest absolute Gasteiger partial charge is 0.454 e. The van der Waals surface area contributed by atoms with Crippen LogP contribution in [0.15, 0.2) is 36.8 Å². The predicted octanol–water partition coefficient (Wildman–Crippen LogP) is 4.89. The molecule has 21 heavy (non-hydrogen) atoms. The zero-order valence-corrected chi connectivity index (χ0v) is 15.4. The number of rotatable bonds is 7. The number of hydrogen-bond acceptors (Lipinski definition) is 4. The van der Waals surface area contributed by atoms with Crippen LogP contribution in [0.1, 0.15) is 20.8 Å². The van der Waals surface area contributed by atoms with Gasteiger partial charge in [-0.25, -0.2) is 0 Å². The van der Waals surface area contributed by atoms with Crippen molar-refractivity contribution in [3.63, 3.8) is 0 Å². The average Bonchev–Trinajstić information content (AvgIpc) is 2.33. The Morgan fingerprint density at radius 2 is 1.71 bits per heavy atom. The monoisotopic (exact) mass is 328 g/mol. The van der Waals surface area contributed by atoms with E-state index in [1.165, 1.54) is 5.69 Å². The number of quaternary nitrogens is 1. The lowest BCUT2D eigenvalue weighted by Gasteiger charge is -2.23. The minimum atomic E-state index is 0.219. The highest BCUT2D eigenvalue weighted by atomic mass is 33.1. The first-order valence-corrected chi connectivity index (χ1v) is 9.12. The van der Waals surface area contributed by atoms with Crippen molar-refractivity contribution in [1.29, 1.82) is 0 Å². The van der Waals surface area contributed by atoms with Gasteiger partial charge in [-0.2, -0.15) is 0 Å². The number of nitrogens with zero attached hydrogens (tertiary/aromatic N) is 1. The summed E-state index contributed by atoms with van der Waals surface area (Å²) in [6.07, 6.45) is 0. The van der Waals surface area contributed by atoms with Crippen molar-refractivity contribution in [2.24, 2.45) is 0 Å². The standard InChI is InChI=1S/C16H26NO2S2/c1-13(18-12-20-21-16(2,3)4)19-15-10-8-14(9-11-15)17(5,6)7/h8-11H,1,12H2,2-7H3/q+1. The molecular formula is C16H26NO2S2+. The van der Waals surface area contributed by atoms with E-state index < -0.39 is 0 Å². The van der Waals surface area contributed by atoms with Gasteiger partial charge in [0.1, 0.15) is 17.4 Å².